The van der Waals surface area contributed by atoms with Crippen LogP contribution in [0.25, 0.3) is 10.9 Å². The largest absolute Gasteiger partial charge is 0.369 e. The molecule has 0 aliphatic heterocycles. The summed E-state index contributed by atoms with van der Waals surface area (Å²) in [4.78, 5) is 26.1. The lowest BCUT2D eigenvalue weighted by Crippen LogP contribution is -2.35. The summed E-state index contributed by atoms with van der Waals surface area (Å²) in [6, 6.07) is 7.81. The Hall–Kier alpha value is -2.56. The molecule has 1 aromatic carbocycles. The lowest BCUT2D eigenvalue weighted by Gasteiger charge is -2.18. The molecule has 0 fully saturated rings. The fraction of sp³-hybridized carbons (Fsp3) is 0.333. The summed E-state index contributed by atoms with van der Waals surface area (Å²) in [7, 11) is 0. The maximum absolute atomic E-state index is 11.5. The normalized spacial score (nSPS) is 13.3. The number of hydrogen-bond donors (Lipinski definition) is 3. The number of carbonyl (C=O) groups excluding carboxylic acids is 2. The van der Waals surface area contributed by atoms with Crippen molar-refractivity contribution in [1.82, 2.24) is 10.3 Å². The van der Waals surface area contributed by atoms with Crippen molar-refractivity contribution in [3.63, 3.8) is 0 Å². The van der Waals surface area contributed by atoms with Crippen LogP contribution in [0.4, 0.5) is 0 Å². The molecule has 0 radical (unpaired) electrons. The molecule has 5 heteroatoms. The van der Waals surface area contributed by atoms with Crippen molar-refractivity contribution in [2.75, 3.05) is 0 Å². The molecule has 0 bridgehead atoms. The maximum Gasteiger partial charge on any atom is 0.226 e. The standard InChI is InChI=1S/C18H23N3O2/c1-12(22)21-14(8-9-18(2,3)17(19)23)10-13-11-20-16-7-5-4-6-15(13)16/h4-9,11,14,20H,10H2,1-3H3,(H2,19,23)(H,21,22)/t14-/m0/s1. The highest BCUT2D eigenvalue weighted by Gasteiger charge is 2.22. The Labute approximate surface area is 135 Å². The Morgan fingerprint density at radius 2 is 2.04 bits per heavy atom. The summed E-state index contributed by atoms with van der Waals surface area (Å²) in [6.07, 6.45) is 6.18. The molecular weight excluding hydrogens is 290 g/mol. The zero-order chi connectivity index (χ0) is 17.0. The molecule has 1 atom stereocenters. The van der Waals surface area contributed by atoms with Gasteiger partial charge < -0.3 is 16.0 Å². The van der Waals surface area contributed by atoms with Crippen molar-refractivity contribution in [2.45, 2.75) is 33.2 Å². The van der Waals surface area contributed by atoms with E-state index in [0.717, 1.165) is 16.5 Å². The molecule has 122 valence electrons. The van der Waals surface area contributed by atoms with Crippen LogP contribution in [0.2, 0.25) is 0 Å². The number of carbonyl (C=O) groups is 2. The van der Waals surface area contributed by atoms with E-state index in [-0.39, 0.29) is 11.9 Å². The maximum atomic E-state index is 11.5. The number of rotatable bonds is 6. The third-order valence-corrected chi connectivity index (χ3v) is 3.88. The average Bonchev–Trinajstić information content (AvgIpc) is 2.87. The fourth-order valence-corrected chi connectivity index (χ4v) is 2.40. The van der Waals surface area contributed by atoms with Crippen molar-refractivity contribution in [2.24, 2.45) is 11.1 Å². The molecule has 2 rings (SSSR count). The van der Waals surface area contributed by atoms with E-state index in [2.05, 4.69) is 10.3 Å². The lowest BCUT2D eigenvalue weighted by molar-refractivity contribution is -0.123. The minimum atomic E-state index is -0.753. The van der Waals surface area contributed by atoms with E-state index in [0.29, 0.717) is 6.42 Å². The highest BCUT2D eigenvalue weighted by atomic mass is 16.1. The molecule has 2 amide bonds. The molecule has 0 spiro atoms. The number of aromatic nitrogens is 1. The van der Waals surface area contributed by atoms with Crippen molar-refractivity contribution in [3.05, 3.63) is 48.2 Å². The van der Waals surface area contributed by atoms with Gasteiger partial charge in [0, 0.05) is 24.0 Å². The number of fused-ring (bicyclic) bond motifs is 1. The Bertz CT molecular complexity index is 744. The summed E-state index contributed by atoms with van der Waals surface area (Å²) in [5.74, 6) is -0.515. The molecule has 0 saturated heterocycles. The quantitative estimate of drug-likeness (QED) is 0.714. The van der Waals surface area contributed by atoms with Crippen LogP contribution in [-0.2, 0) is 16.0 Å². The van der Waals surface area contributed by atoms with E-state index in [1.807, 2.05) is 36.5 Å². The summed E-state index contributed by atoms with van der Waals surface area (Å²) < 4.78 is 0. The second-order valence-electron chi connectivity index (χ2n) is 6.32. The highest BCUT2D eigenvalue weighted by molar-refractivity contribution is 5.83. The Morgan fingerprint density at radius 3 is 2.70 bits per heavy atom. The topological polar surface area (TPSA) is 88.0 Å². The number of primary amides is 1. The number of amides is 2. The van der Waals surface area contributed by atoms with E-state index >= 15 is 0 Å². The number of H-pyrrole nitrogens is 1. The van der Waals surface area contributed by atoms with Gasteiger partial charge in [0.05, 0.1) is 11.5 Å². The molecule has 23 heavy (non-hydrogen) atoms. The van der Waals surface area contributed by atoms with Gasteiger partial charge in [-0.15, -0.1) is 0 Å². The van der Waals surface area contributed by atoms with Gasteiger partial charge in [0.1, 0.15) is 0 Å². The van der Waals surface area contributed by atoms with E-state index < -0.39 is 11.3 Å². The highest BCUT2D eigenvalue weighted by Crippen LogP contribution is 2.21. The SMILES string of the molecule is CC(=O)N[C@@H](C=CC(C)(C)C(N)=O)Cc1c[nH]c2ccccc12. The molecule has 0 unspecified atom stereocenters. The second kappa shape index (κ2) is 6.69. The van der Waals surface area contributed by atoms with E-state index in [1.54, 1.807) is 19.9 Å². The second-order valence-corrected chi connectivity index (χ2v) is 6.32. The van der Waals surface area contributed by atoms with Crippen LogP contribution < -0.4 is 11.1 Å². The van der Waals surface area contributed by atoms with Gasteiger partial charge >= 0.3 is 0 Å². The smallest absolute Gasteiger partial charge is 0.226 e. The molecule has 4 N–H and O–H groups in total. The van der Waals surface area contributed by atoms with Gasteiger partial charge in [-0.2, -0.15) is 0 Å². The zero-order valence-electron chi connectivity index (χ0n) is 13.7. The zero-order valence-corrected chi connectivity index (χ0v) is 13.7. The van der Waals surface area contributed by atoms with Crippen LogP contribution in [0, 0.1) is 5.41 Å². The summed E-state index contributed by atoms with van der Waals surface area (Å²) >= 11 is 0. The number of para-hydroxylation sites is 1. The predicted molar refractivity (Wildman–Crippen MR) is 91.7 cm³/mol. The Kier molecular flexibility index (Phi) is 4.89. The van der Waals surface area contributed by atoms with Gasteiger partial charge in [-0.05, 0) is 31.9 Å². The first kappa shape index (κ1) is 16.8. The first-order chi connectivity index (χ1) is 10.8. The van der Waals surface area contributed by atoms with Crippen LogP contribution in [0.1, 0.15) is 26.3 Å². The van der Waals surface area contributed by atoms with Gasteiger partial charge in [0.25, 0.3) is 0 Å². The van der Waals surface area contributed by atoms with Crippen molar-refractivity contribution < 1.29 is 9.59 Å². The number of aromatic amines is 1. The van der Waals surface area contributed by atoms with Gasteiger partial charge in [-0.3, -0.25) is 9.59 Å². The fourth-order valence-electron chi connectivity index (χ4n) is 2.40. The Morgan fingerprint density at radius 1 is 1.35 bits per heavy atom. The summed E-state index contributed by atoms with van der Waals surface area (Å²) in [5.41, 5.74) is 6.81. The van der Waals surface area contributed by atoms with Crippen molar-refractivity contribution in [3.8, 4) is 0 Å². The summed E-state index contributed by atoms with van der Waals surface area (Å²) in [5, 5.41) is 4.03. The van der Waals surface area contributed by atoms with Gasteiger partial charge in [-0.1, -0.05) is 30.4 Å². The number of nitrogens with two attached hydrogens (primary N) is 1. The first-order valence-corrected chi connectivity index (χ1v) is 7.61. The number of nitrogens with one attached hydrogen (secondary N) is 2. The van der Waals surface area contributed by atoms with Gasteiger partial charge in [-0.25, -0.2) is 0 Å². The van der Waals surface area contributed by atoms with Crippen molar-refractivity contribution >= 4 is 22.7 Å². The van der Waals surface area contributed by atoms with E-state index in [1.165, 1.54) is 6.92 Å². The number of benzene rings is 1. The third kappa shape index (κ3) is 4.22. The predicted octanol–water partition coefficient (Wildman–Crippen LogP) is 2.28. The molecule has 1 aromatic heterocycles. The first-order valence-electron chi connectivity index (χ1n) is 7.61. The molecule has 1 heterocycles. The van der Waals surface area contributed by atoms with E-state index in [4.69, 9.17) is 5.73 Å². The average molecular weight is 313 g/mol. The molecule has 5 nitrogen and oxygen atoms in total. The van der Waals surface area contributed by atoms with Crippen LogP contribution in [0.5, 0.6) is 0 Å². The molecule has 0 aliphatic carbocycles. The monoisotopic (exact) mass is 313 g/mol. The Balaban J connectivity index is 2.24. The number of hydrogen-bond acceptors (Lipinski definition) is 2. The van der Waals surface area contributed by atoms with E-state index in [9.17, 15) is 9.59 Å². The molecular formula is C18H23N3O2. The summed E-state index contributed by atoms with van der Waals surface area (Å²) in [6.45, 7) is 4.99. The van der Waals surface area contributed by atoms with Crippen LogP contribution in [0.15, 0.2) is 42.6 Å². The molecule has 0 saturated carbocycles. The van der Waals surface area contributed by atoms with Crippen molar-refractivity contribution in [1.29, 1.82) is 0 Å². The lowest BCUT2D eigenvalue weighted by atomic mass is 9.91. The van der Waals surface area contributed by atoms with Gasteiger partial charge in [0.2, 0.25) is 11.8 Å². The third-order valence-electron chi connectivity index (χ3n) is 3.88. The van der Waals surface area contributed by atoms with Crippen LogP contribution in [0.3, 0.4) is 0 Å². The van der Waals surface area contributed by atoms with Gasteiger partial charge in [0.15, 0.2) is 0 Å². The minimum absolute atomic E-state index is 0.114. The van der Waals surface area contributed by atoms with Crippen LogP contribution >= 0.6 is 0 Å². The van der Waals surface area contributed by atoms with Crippen LogP contribution in [-0.4, -0.2) is 22.8 Å². The molecule has 0 aliphatic rings. The minimum Gasteiger partial charge on any atom is -0.369 e. The molecule has 2 aromatic rings.